The van der Waals surface area contributed by atoms with Crippen LogP contribution in [-0.2, 0) is 4.74 Å². The summed E-state index contributed by atoms with van der Waals surface area (Å²) in [6, 6.07) is 0. The second kappa shape index (κ2) is 2.09. The van der Waals surface area contributed by atoms with Gasteiger partial charge < -0.3 is 4.74 Å². The van der Waals surface area contributed by atoms with Crippen molar-refractivity contribution >= 4 is 0 Å². The van der Waals surface area contributed by atoms with Crippen molar-refractivity contribution in [1.82, 2.24) is 0 Å². The van der Waals surface area contributed by atoms with E-state index in [0.717, 1.165) is 5.92 Å². The molecule has 0 aromatic heterocycles. The van der Waals surface area contributed by atoms with Crippen LogP contribution in [0.3, 0.4) is 0 Å². The fraction of sp³-hybridized carbons (Fsp3) is 0.778. The van der Waals surface area contributed by atoms with E-state index in [1.54, 1.807) is 0 Å². The molecular formula is C9H14O. The molecule has 0 amide bonds. The third-order valence-corrected chi connectivity index (χ3v) is 2.70. The summed E-state index contributed by atoms with van der Waals surface area (Å²) in [7, 11) is 0. The number of ether oxygens (including phenoxy) is 1. The number of rotatable bonds is 1. The third kappa shape index (κ3) is 0.988. The SMILES string of the molecule is C=C(C)C1CCC2OC2C1. The highest BCUT2D eigenvalue weighted by molar-refractivity contribution is 5.04. The molecular weight excluding hydrogens is 124 g/mol. The van der Waals surface area contributed by atoms with Gasteiger partial charge in [0.25, 0.3) is 0 Å². The summed E-state index contributed by atoms with van der Waals surface area (Å²) in [6.45, 7) is 6.11. The van der Waals surface area contributed by atoms with Crippen LogP contribution in [0.5, 0.6) is 0 Å². The molecule has 1 heterocycles. The van der Waals surface area contributed by atoms with Crippen LogP contribution in [0.25, 0.3) is 0 Å². The van der Waals surface area contributed by atoms with Crippen LogP contribution in [0.4, 0.5) is 0 Å². The lowest BCUT2D eigenvalue weighted by Crippen LogP contribution is -2.13. The summed E-state index contributed by atoms with van der Waals surface area (Å²) >= 11 is 0. The topological polar surface area (TPSA) is 12.5 Å². The van der Waals surface area contributed by atoms with Crippen molar-refractivity contribution in [1.29, 1.82) is 0 Å². The maximum atomic E-state index is 5.42. The van der Waals surface area contributed by atoms with Gasteiger partial charge in [-0.2, -0.15) is 0 Å². The van der Waals surface area contributed by atoms with Gasteiger partial charge in [0.05, 0.1) is 12.2 Å². The average Bonchev–Trinajstić information content (AvgIpc) is 2.63. The zero-order chi connectivity index (χ0) is 7.14. The zero-order valence-electron chi connectivity index (χ0n) is 6.47. The molecule has 0 bridgehead atoms. The molecule has 2 aliphatic rings. The highest BCUT2D eigenvalue weighted by atomic mass is 16.6. The number of allylic oxidation sites excluding steroid dienone is 1. The highest BCUT2D eigenvalue weighted by Gasteiger charge is 2.43. The van der Waals surface area contributed by atoms with Crippen molar-refractivity contribution in [3.8, 4) is 0 Å². The normalized spacial score (nSPS) is 44.3. The molecule has 1 saturated heterocycles. The van der Waals surface area contributed by atoms with Crippen LogP contribution < -0.4 is 0 Å². The highest BCUT2D eigenvalue weighted by Crippen LogP contribution is 2.41. The van der Waals surface area contributed by atoms with Gasteiger partial charge in [-0.1, -0.05) is 12.2 Å². The fourth-order valence-corrected chi connectivity index (χ4v) is 1.85. The molecule has 0 N–H and O–H groups in total. The minimum Gasteiger partial charge on any atom is -0.370 e. The van der Waals surface area contributed by atoms with E-state index in [9.17, 15) is 0 Å². The molecule has 1 saturated carbocycles. The van der Waals surface area contributed by atoms with E-state index in [2.05, 4.69) is 13.5 Å². The molecule has 10 heavy (non-hydrogen) atoms. The summed E-state index contributed by atoms with van der Waals surface area (Å²) in [6.07, 6.45) is 5.05. The van der Waals surface area contributed by atoms with E-state index in [4.69, 9.17) is 4.74 Å². The third-order valence-electron chi connectivity index (χ3n) is 2.70. The minimum atomic E-state index is 0.607. The molecule has 2 rings (SSSR count). The summed E-state index contributed by atoms with van der Waals surface area (Å²) in [5.74, 6) is 0.753. The number of hydrogen-bond donors (Lipinski definition) is 0. The Bertz CT molecular complexity index is 162. The zero-order valence-corrected chi connectivity index (χ0v) is 6.47. The second-order valence-corrected chi connectivity index (χ2v) is 3.57. The summed E-state index contributed by atoms with van der Waals surface area (Å²) < 4.78 is 5.42. The van der Waals surface area contributed by atoms with E-state index in [0.29, 0.717) is 12.2 Å². The summed E-state index contributed by atoms with van der Waals surface area (Å²) in [5.41, 5.74) is 1.34. The van der Waals surface area contributed by atoms with Crippen molar-refractivity contribution in [2.45, 2.75) is 38.4 Å². The Balaban J connectivity index is 1.94. The van der Waals surface area contributed by atoms with Gasteiger partial charge in [-0.15, -0.1) is 0 Å². The maximum absolute atomic E-state index is 5.42. The lowest BCUT2D eigenvalue weighted by Gasteiger charge is -2.18. The Kier molecular flexibility index (Phi) is 1.34. The van der Waals surface area contributed by atoms with Gasteiger partial charge in [0, 0.05) is 0 Å². The van der Waals surface area contributed by atoms with Crippen molar-refractivity contribution < 1.29 is 4.74 Å². The first kappa shape index (κ1) is 6.41. The molecule has 56 valence electrons. The molecule has 0 spiro atoms. The van der Waals surface area contributed by atoms with Crippen LogP contribution in [0, 0.1) is 5.92 Å². The van der Waals surface area contributed by atoms with Gasteiger partial charge in [0.15, 0.2) is 0 Å². The van der Waals surface area contributed by atoms with Crippen LogP contribution in [0.2, 0.25) is 0 Å². The van der Waals surface area contributed by atoms with Crippen molar-refractivity contribution in [3.05, 3.63) is 12.2 Å². The number of epoxide rings is 1. The van der Waals surface area contributed by atoms with Crippen LogP contribution in [0.1, 0.15) is 26.2 Å². The van der Waals surface area contributed by atoms with Gasteiger partial charge in [-0.25, -0.2) is 0 Å². The molecule has 3 unspecified atom stereocenters. The van der Waals surface area contributed by atoms with Crippen molar-refractivity contribution in [3.63, 3.8) is 0 Å². The van der Waals surface area contributed by atoms with Crippen LogP contribution >= 0.6 is 0 Å². The Hall–Kier alpha value is -0.300. The van der Waals surface area contributed by atoms with E-state index in [1.807, 2.05) is 0 Å². The van der Waals surface area contributed by atoms with Crippen LogP contribution in [-0.4, -0.2) is 12.2 Å². The molecule has 3 atom stereocenters. The first-order valence-corrected chi connectivity index (χ1v) is 4.08. The lowest BCUT2D eigenvalue weighted by molar-refractivity contribution is 0.369. The van der Waals surface area contributed by atoms with E-state index in [-0.39, 0.29) is 0 Å². The molecule has 0 aromatic carbocycles. The molecule has 1 aliphatic heterocycles. The first-order chi connectivity index (χ1) is 4.77. The Morgan fingerprint density at radius 2 is 2.20 bits per heavy atom. The summed E-state index contributed by atoms with van der Waals surface area (Å²) in [4.78, 5) is 0. The molecule has 0 aromatic rings. The number of fused-ring (bicyclic) bond motifs is 1. The quantitative estimate of drug-likeness (QED) is 0.399. The molecule has 1 nitrogen and oxygen atoms in total. The Labute approximate surface area is 62.1 Å². The molecule has 0 radical (unpaired) electrons. The van der Waals surface area contributed by atoms with Crippen molar-refractivity contribution in [2.24, 2.45) is 5.92 Å². The predicted molar refractivity (Wildman–Crippen MR) is 40.8 cm³/mol. The Morgan fingerprint density at radius 3 is 2.80 bits per heavy atom. The second-order valence-electron chi connectivity index (χ2n) is 3.57. The van der Waals surface area contributed by atoms with Gasteiger partial charge in [-0.3, -0.25) is 0 Å². The minimum absolute atomic E-state index is 0.607. The fourth-order valence-electron chi connectivity index (χ4n) is 1.85. The van der Waals surface area contributed by atoms with E-state index < -0.39 is 0 Å². The van der Waals surface area contributed by atoms with Crippen LogP contribution in [0.15, 0.2) is 12.2 Å². The van der Waals surface area contributed by atoms with Gasteiger partial charge >= 0.3 is 0 Å². The lowest BCUT2D eigenvalue weighted by atomic mass is 9.85. The molecule has 2 fully saturated rings. The Morgan fingerprint density at radius 1 is 1.40 bits per heavy atom. The molecule has 1 aliphatic carbocycles. The number of hydrogen-bond acceptors (Lipinski definition) is 1. The van der Waals surface area contributed by atoms with Gasteiger partial charge in [-0.05, 0) is 32.1 Å². The molecule has 1 heteroatoms. The van der Waals surface area contributed by atoms with Gasteiger partial charge in [0.2, 0.25) is 0 Å². The largest absolute Gasteiger partial charge is 0.370 e. The monoisotopic (exact) mass is 138 g/mol. The first-order valence-electron chi connectivity index (χ1n) is 4.08. The van der Waals surface area contributed by atoms with Gasteiger partial charge in [0.1, 0.15) is 0 Å². The smallest absolute Gasteiger partial charge is 0.0847 e. The standard InChI is InChI=1S/C9H14O/c1-6(2)7-3-4-8-9(5-7)10-8/h7-9H,1,3-5H2,2H3. The average molecular weight is 138 g/mol. The predicted octanol–water partition coefficient (Wildman–Crippen LogP) is 2.13. The summed E-state index contributed by atoms with van der Waals surface area (Å²) in [5, 5.41) is 0. The van der Waals surface area contributed by atoms with Crippen molar-refractivity contribution in [2.75, 3.05) is 0 Å². The maximum Gasteiger partial charge on any atom is 0.0847 e. The van der Waals surface area contributed by atoms with E-state index in [1.165, 1.54) is 24.8 Å². The van der Waals surface area contributed by atoms with E-state index >= 15 is 0 Å².